The molecule has 2 unspecified atom stereocenters. The second-order valence-electron chi connectivity index (χ2n) is 10.00. The third-order valence-corrected chi connectivity index (χ3v) is 8.45. The maximum Gasteiger partial charge on any atom is 0.270 e. The minimum absolute atomic E-state index is 0.102. The van der Waals surface area contributed by atoms with E-state index in [4.69, 9.17) is 17.0 Å². The number of pyridine rings is 1. The van der Waals surface area contributed by atoms with Gasteiger partial charge in [-0.3, -0.25) is 19.1 Å². The van der Waals surface area contributed by atoms with Crippen LogP contribution in [0.4, 0.5) is 5.82 Å². The van der Waals surface area contributed by atoms with E-state index in [-0.39, 0.29) is 17.0 Å². The Morgan fingerprint density at radius 2 is 1.84 bits per heavy atom. The molecule has 7 nitrogen and oxygen atoms in total. The Morgan fingerprint density at radius 3 is 2.43 bits per heavy atom. The minimum Gasteiger partial charge on any atom is -0.497 e. The Bertz CT molecular complexity index is 1350. The second kappa shape index (κ2) is 11.1. The van der Waals surface area contributed by atoms with Gasteiger partial charge in [0.1, 0.15) is 27.5 Å². The Morgan fingerprint density at radius 1 is 1.19 bits per heavy atom. The lowest BCUT2D eigenvalue weighted by Gasteiger charge is -2.38. The first-order valence-electron chi connectivity index (χ1n) is 12.4. The van der Waals surface area contributed by atoms with E-state index in [2.05, 4.69) is 24.8 Å². The lowest BCUT2D eigenvalue weighted by molar-refractivity contribution is -0.122. The monoisotopic (exact) mass is 536 g/mol. The van der Waals surface area contributed by atoms with Crippen LogP contribution in [0.2, 0.25) is 0 Å². The summed E-state index contributed by atoms with van der Waals surface area (Å²) in [5.74, 6) is 2.33. The summed E-state index contributed by atoms with van der Waals surface area (Å²) in [5, 5.41) is 9.73. The molecule has 1 aromatic carbocycles. The number of thiocarbonyl (C=S) groups is 1. The summed E-state index contributed by atoms with van der Waals surface area (Å²) in [6, 6.07) is 9.84. The normalized spacial score (nSPS) is 21.0. The number of anilines is 1. The highest BCUT2D eigenvalue weighted by Crippen LogP contribution is 2.37. The number of piperidine rings is 1. The fourth-order valence-electron chi connectivity index (χ4n) is 5.29. The highest BCUT2D eigenvalue weighted by Gasteiger charge is 2.33. The molecule has 2 fully saturated rings. The van der Waals surface area contributed by atoms with E-state index in [0.717, 1.165) is 42.2 Å². The quantitative estimate of drug-likeness (QED) is 0.397. The zero-order valence-corrected chi connectivity index (χ0v) is 23.5. The molecule has 0 spiro atoms. The summed E-state index contributed by atoms with van der Waals surface area (Å²) in [6.07, 6.45) is 3.61. The zero-order chi connectivity index (χ0) is 26.9. The van der Waals surface area contributed by atoms with Gasteiger partial charge in [-0.25, -0.2) is 0 Å². The highest BCUT2D eigenvalue weighted by molar-refractivity contribution is 8.26. The second-order valence-corrected chi connectivity index (χ2v) is 11.7. The summed E-state index contributed by atoms with van der Waals surface area (Å²) in [6.45, 7) is 8.31. The SMILES string of the molecule is COc1ccc(CCN2C(=O)C(=Cc3c(C)c(C#N)c(=O)n(C)c3N3CC(C)CC(C)C3)SC2=S)cc1. The molecule has 0 N–H and O–H groups in total. The van der Waals surface area contributed by atoms with Crippen LogP contribution in [0.3, 0.4) is 0 Å². The van der Waals surface area contributed by atoms with Gasteiger partial charge in [0.05, 0.1) is 12.0 Å². The maximum atomic E-state index is 13.4. The molecular formula is C28H32N4O3S2. The van der Waals surface area contributed by atoms with Crippen molar-refractivity contribution in [3.8, 4) is 11.8 Å². The smallest absolute Gasteiger partial charge is 0.270 e. The molecule has 2 aliphatic rings. The van der Waals surface area contributed by atoms with Crippen LogP contribution in [-0.2, 0) is 18.3 Å². The number of thioether (sulfide) groups is 1. The predicted octanol–water partition coefficient (Wildman–Crippen LogP) is 4.50. The molecule has 1 aromatic heterocycles. The van der Waals surface area contributed by atoms with Crippen molar-refractivity contribution in [3.63, 3.8) is 0 Å². The van der Waals surface area contributed by atoms with Crippen LogP contribution in [0.1, 0.15) is 42.5 Å². The molecule has 194 valence electrons. The summed E-state index contributed by atoms with van der Waals surface area (Å²) in [4.78, 5) is 30.8. The van der Waals surface area contributed by atoms with Crippen molar-refractivity contribution < 1.29 is 9.53 Å². The standard InChI is InChI=1S/C28H32N4O3S2/c1-17-12-18(2)16-31(15-17)25-22(19(3)23(14-29)26(33)30(25)4)13-24-27(34)32(28(36)37-24)11-10-20-6-8-21(35-5)9-7-20/h6-9,13,17-18H,10-12,15-16H2,1-5H3. The first-order valence-corrected chi connectivity index (χ1v) is 13.6. The van der Waals surface area contributed by atoms with Crippen LogP contribution < -0.4 is 15.2 Å². The Balaban J connectivity index is 1.68. The summed E-state index contributed by atoms with van der Waals surface area (Å²) in [5.41, 5.74) is 2.20. The van der Waals surface area contributed by atoms with E-state index in [0.29, 0.717) is 39.6 Å². The summed E-state index contributed by atoms with van der Waals surface area (Å²) < 4.78 is 7.29. The third-order valence-electron chi connectivity index (χ3n) is 7.07. The van der Waals surface area contributed by atoms with E-state index < -0.39 is 0 Å². The Labute approximate surface area is 227 Å². The first kappa shape index (κ1) is 27.0. The van der Waals surface area contributed by atoms with Crippen LogP contribution in [0.15, 0.2) is 34.0 Å². The van der Waals surface area contributed by atoms with Gasteiger partial charge < -0.3 is 9.64 Å². The number of nitriles is 1. The molecule has 2 atom stereocenters. The van der Waals surface area contributed by atoms with Crippen molar-refractivity contribution in [2.45, 2.75) is 33.6 Å². The molecule has 0 radical (unpaired) electrons. The molecule has 3 heterocycles. The number of nitrogens with zero attached hydrogens (tertiary/aromatic N) is 4. The van der Waals surface area contributed by atoms with E-state index in [1.807, 2.05) is 30.3 Å². The molecule has 2 aromatic rings. The first-order chi connectivity index (χ1) is 17.6. The summed E-state index contributed by atoms with van der Waals surface area (Å²) >= 11 is 6.84. The van der Waals surface area contributed by atoms with E-state index in [1.54, 1.807) is 30.5 Å². The van der Waals surface area contributed by atoms with Gasteiger partial charge in [-0.05, 0) is 60.9 Å². The van der Waals surface area contributed by atoms with Gasteiger partial charge in [0.2, 0.25) is 0 Å². The number of benzene rings is 1. The number of amides is 1. The van der Waals surface area contributed by atoms with Crippen LogP contribution >= 0.6 is 24.0 Å². The summed E-state index contributed by atoms with van der Waals surface area (Å²) in [7, 11) is 3.34. The molecule has 0 bridgehead atoms. The molecule has 1 amide bonds. The fraction of sp³-hybridized carbons (Fsp3) is 0.429. The van der Waals surface area contributed by atoms with Crippen LogP contribution in [0.5, 0.6) is 5.75 Å². The average molecular weight is 537 g/mol. The van der Waals surface area contributed by atoms with Gasteiger partial charge in [-0.15, -0.1) is 0 Å². The molecule has 2 aliphatic heterocycles. The lowest BCUT2D eigenvalue weighted by atomic mass is 9.91. The van der Waals surface area contributed by atoms with Crippen molar-refractivity contribution in [1.29, 1.82) is 5.26 Å². The van der Waals surface area contributed by atoms with E-state index >= 15 is 0 Å². The van der Waals surface area contributed by atoms with Gasteiger partial charge >= 0.3 is 0 Å². The lowest BCUT2D eigenvalue weighted by Crippen LogP contribution is -2.42. The molecule has 2 saturated heterocycles. The molecule has 0 saturated carbocycles. The molecule has 37 heavy (non-hydrogen) atoms. The van der Waals surface area contributed by atoms with Gasteiger partial charge in [0, 0.05) is 32.2 Å². The Hall–Kier alpha value is -3.09. The van der Waals surface area contributed by atoms with Gasteiger partial charge in [-0.2, -0.15) is 5.26 Å². The van der Waals surface area contributed by atoms with Crippen molar-refractivity contribution in [2.75, 3.05) is 31.6 Å². The van der Waals surface area contributed by atoms with Crippen molar-refractivity contribution >= 4 is 46.1 Å². The van der Waals surface area contributed by atoms with Crippen LogP contribution in [0.25, 0.3) is 6.08 Å². The maximum absolute atomic E-state index is 13.4. The van der Waals surface area contributed by atoms with Gasteiger partial charge in [-0.1, -0.05) is 50.0 Å². The van der Waals surface area contributed by atoms with Crippen molar-refractivity contribution in [3.05, 3.63) is 61.8 Å². The number of rotatable bonds is 6. The number of ether oxygens (including phenoxy) is 1. The molecular weight excluding hydrogens is 504 g/mol. The van der Waals surface area contributed by atoms with Crippen molar-refractivity contribution in [1.82, 2.24) is 9.47 Å². The number of hydrogen-bond acceptors (Lipinski definition) is 7. The highest BCUT2D eigenvalue weighted by atomic mass is 32.2. The molecule has 9 heteroatoms. The minimum atomic E-state index is -0.315. The Kier molecular flexibility index (Phi) is 8.10. The van der Waals surface area contributed by atoms with Gasteiger partial charge in [0.15, 0.2) is 0 Å². The predicted molar refractivity (Wildman–Crippen MR) is 153 cm³/mol. The fourth-order valence-corrected chi connectivity index (χ4v) is 6.58. The van der Waals surface area contributed by atoms with E-state index in [1.165, 1.54) is 11.8 Å². The largest absolute Gasteiger partial charge is 0.497 e. The number of hydrogen-bond donors (Lipinski definition) is 0. The average Bonchev–Trinajstić information content (AvgIpc) is 3.13. The number of methoxy groups -OCH3 is 1. The molecule has 0 aliphatic carbocycles. The van der Waals surface area contributed by atoms with Crippen LogP contribution in [0, 0.1) is 30.1 Å². The van der Waals surface area contributed by atoms with Crippen molar-refractivity contribution in [2.24, 2.45) is 18.9 Å². The topological polar surface area (TPSA) is 78.6 Å². The number of aromatic nitrogens is 1. The van der Waals surface area contributed by atoms with Crippen LogP contribution in [-0.4, -0.2) is 46.4 Å². The number of carbonyl (C=O) groups is 1. The number of carbonyl (C=O) groups excluding carboxylic acids is 1. The third kappa shape index (κ3) is 5.46. The zero-order valence-electron chi connectivity index (χ0n) is 21.9. The molecule has 4 rings (SSSR count). The van der Waals surface area contributed by atoms with Gasteiger partial charge in [0.25, 0.3) is 11.5 Å². The van der Waals surface area contributed by atoms with E-state index in [9.17, 15) is 14.9 Å².